The van der Waals surface area contributed by atoms with E-state index in [0.29, 0.717) is 0 Å². The van der Waals surface area contributed by atoms with Gasteiger partial charge in [-0.2, -0.15) is 5.01 Å². The Hall–Kier alpha value is -3.24. The normalized spacial score (nSPS) is 15.1. The maximum Gasteiger partial charge on any atom is 0.285 e. The number of thiocarbonyl (C=S) groups is 1. The fourth-order valence-electron chi connectivity index (χ4n) is 2.42. The van der Waals surface area contributed by atoms with Crippen LogP contribution < -0.4 is 5.43 Å². The van der Waals surface area contributed by atoms with Gasteiger partial charge < -0.3 is 5.11 Å². The molecule has 8 nitrogen and oxygen atoms in total. The zero-order chi connectivity index (χ0) is 20.3. The van der Waals surface area contributed by atoms with E-state index in [4.69, 9.17) is 12.2 Å². The maximum atomic E-state index is 12.6. The van der Waals surface area contributed by atoms with Gasteiger partial charge in [-0.15, -0.1) is 0 Å². The first kappa shape index (κ1) is 19.5. The van der Waals surface area contributed by atoms with Gasteiger partial charge in [0.15, 0.2) is 4.32 Å². The Balaban J connectivity index is 1.76. The van der Waals surface area contributed by atoms with Crippen LogP contribution in [-0.2, 0) is 16.0 Å². The molecule has 0 aliphatic carbocycles. The lowest BCUT2D eigenvalue weighted by molar-refractivity contribution is -0.384. The minimum Gasteiger partial charge on any atom is -0.507 e. The van der Waals surface area contributed by atoms with Crippen molar-refractivity contribution in [2.75, 3.05) is 0 Å². The largest absolute Gasteiger partial charge is 0.507 e. The summed E-state index contributed by atoms with van der Waals surface area (Å²) in [5.74, 6) is -1.21. The quantitative estimate of drug-likeness (QED) is 0.334. The Morgan fingerprint density at radius 3 is 2.68 bits per heavy atom. The van der Waals surface area contributed by atoms with E-state index in [0.717, 1.165) is 34.5 Å². The highest BCUT2D eigenvalue weighted by Crippen LogP contribution is 2.34. The molecule has 10 heteroatoms. The van der Waals surface area contributed by atoms with Crippen molar-refractivity contribution in [2.24, 2.45) is 0 Å². The van der Waals surface area contributed by atoms with Crippen molar-refractivity contribution in [1.29, 1.82) is 0 Å². The average Bonchev–Trinajstić information content (AvgIpc) is 2.91. The van der Waals surface area contributed by atoms with E-state index < -0.39 is 16.7 Å². The summed E-state index contributed by atoms with van der Waals surface area (Å²) in [6.07, 6.45) is 1.37. The van der Waals surface area contributed by atoms with Crippen LogP contribution in [0.2, 0.25) is 0 Å². The number of benzene rings is 2. The molecule has 0 atom stereocenters. The fraction of sp³-hybridized carbons (Fsp3) is 0.0556. The van der Waals surface area contributed by atoms with Gasteiger partial charge in [-0.1, -0.05) is 42.1 Å². The number of aromatic hydroxyl groups is 1. The number of rotatable bonds is 5. The molecule has 0 bridgehead atoms. The van der Waals surface area contributed by atoms with Gasteiger partial charge in [0.25, 0.3) is 11.6 Å². The monoisotopic (exact) mass is 415 g/mol. The number of hydrazine groups is 1. The third kappa shape index (κ3) is 4.35. The van der Waals surface area contributed by atoms with Crippen LogP contribution in [0.15, 0.2) is 53.4 Å². The lowest BCUT2D eigenvalue weighted by atomic mass is 10.1. The van der Waals surface area contributed by atoms with E-state index in [9.17, 15) is 24.8 Å². The van der Waals surface area contributed by atoms with Crippen molar-refractivity contribution in [2.45, 2.75) is 6.42 Å². The van der Waals surface area contributed by atoms with Crippen LogP contribution in [-0.4, -0.2) is 31.2 Å². The summed E-state index contributed by atoms with van der Waals surface area (Å²) in [4.78, 5) is 35.2. The number of nitrogens with one attached hydrogen (secondary N) is 1. The van der Waals surface area contributed by atoms with E-state index in [-0.39, 0.29) is 32.6 Å². The number of hydrogen-bond acceptors (Lipinski definition) is 7. The maximum absolute atomic E-state index is 12.6. The average molecular weight is 415 g/mol. The minimum atomic E-state index is -0.605. The van der Waals surface area contributed by atoms with Gasteiger partial charge >= 0.3 is 0 Å². The van der Waals surface area contributed by atoms with Crippen molar-refractivity contribution in [3.8, 4) is 5.75 Å². The standard InChI is InChI=1S/C18H13N3O5S2/c22-14-7-6-13(21(25)26)9-12(14)10-15-17(24)20(18(27)28-15)19-16(23)8-11-4-2-1-3-5-11/h1-7,9-10,22H,8H2,(H,19,23)/b15-10-. The number of amides is 2. The SMILES string of the molecule is O=C(Cc1ccccc1)NN1C(=O)/C(=C/c2cc([N+](=O)[O-])ccc2O)SC1=S. The predicted octanol–water partition coefficient (Wildman–Crippen LogP) is 2.78. The number of non-ortho nitro benzene ring substituents is 1. The topological polar surface area (TPSA) is 113 Å². The summed E-state index contributed by atoms with van der Waals surface area (Å²) in [6.45, 7) is 0. The Labute approximate surface area is 169 Å². The number of nitrogens with zero attached hydrogens (tertiary/aromatic N) is 2. The number of nitro benzene ring substituents is 1. The molecule has 2 aromatic carbocycles. The van der Waals surface area contributed by atoms with Crippen molar-refractivity contribution < 1.29 is 19.6 Å². The zero-order valence-corrected chi connectivity index (χ0v) is 15.8. The van der Waals surface area contributed by atoms with Crippen LogP contribution in [0.3, 0.4) is 0 Å². The lowest BCUT2D eigenvalue weighted by Crippen LogP contribution is -2.45. The molecule has 2 N–H and O–H groups in total. The predicted molar refractivity (Wildman–Crippen MR) is 108 cm³/mol. The van der Waals surface area contributed by atoms with Crippen molar-refractivity contribution in [3.63, 3.8) is 0 Å². The van der Waals surface area contributed by atoms with Crippen LogP contribution in [0.5, 0.6) is 5.75 Å². The van der Waals surface area contributed by atoms with E-state index >= 15 is 0 Å². The van der Waals surface area contributed by atoms with E-state index in [1.807, 2.05) is 6.07 Å². The number of thioether (sulfide) groups is 1. The summed E-state index contributed by atoms with van der Waals surface area (Å²) in [6, 6.07) is 12.5. The molecular weight excluding hydrogens is 402 g/mol. The summed E-state index contributed by atoms with van der Waals surface area (Å²) in [5, 5.41) is 21.7. The highest BCUT2D eigenvalue weighted by molar-refractivity contribution is 8.26. The van der Waals surface area contributed by atoms with Gasteiger partial charge in [-0.3, -0.25) is 25.1 Å². The number of nitro groups is 1. The third-order valence-electron chi connectivity index (χ3n) is 3.75. The second-order valence-electron chi connectivity index (χ2n) is 5.71. The summed E-state index contributed by atoms with van der Waals surface area (Å²) in [7, 11) is 0. The van der Waals surface area contributed by atoms with E-state index in [1.165, 1.54) is 12.1 Å². The molecule has 1 fully saturated rings. The molecule has 1 saturated heterocycles. The first-order valence-corrected chi connectivity index (χ1v) is 9.16. The number of phenolic OH excluding ortho intramolecular Hbond substituents is 1. The zero-order valence-electron chi connectivity index (χ0n) is 14.2. The van der Waals surface area contributed by atoms with Crippen molar-refractivity contribution >= 4 is 51.9 Å². The Kier molecular flexibility index (Phi) is 5.71. The summed E-state index contributed by atoms with van der Waals surface area (Å²) in [5.41, 5.74) is 3.11. The fourth-order valence-corrected chi connectivity index (χ4v) is 3.59. The van der Waals surface area contributed by atoms with Gasteiger partial charge in [-0.25, -0.2) is 0 Å². The molecule has 28 heavy (non-hydrogen) atoms. The smallest absolute Gasteiger partial charge is 0.285 e. The number of hydrogen-bond donors (Lipinski definition) is 2. The van der Waals surface area contributed by atoms with Crippen LogP contribution in [0.1, 0.15) is 11.1 Å². The first-order valence-electron chi connectivity index (χ1n) is 7.94. The molecular formula is C18H13N3O5S2. The molecule has 1 heterocycles. The molecule has 0 radical (unpaired) electrons. The molecule has 0 unspecified atom stereocenters. The summed E-state index contributed by atoms with van der Waals surface area (Å²) < 4.78 is 0.114. The molecule has 0 spiro atoms. The van der Waals surface area contributed by atoms with Crippen LogP contribution in [0.25, 0.3) is 6.08 Å². The molecule has 3 rings (SSSR count). The molecule has 0 saturated carbocycles. The highest BCUT2D eigenvalue weighted by atomic mass is 32.2. The van der Waals surface area contributed by atoms with Crippen molar-refractivity contribution in [1.82, 2.24) is 10.4 Å². The van der Waals surface area contributed by atoms with Gasteiger partial charge in [0.2, 0.25) is 5.91 Å². The third-order valence-corrected chi connectivity index (χ3v) is 5.05. The van der Waals surface area contributed by atoms with Gasteiger partial charge in [0, 0.05) is 17.7 Å². The molecule has 1 aliphatic rings. The molecule has 0 aromatic heterocycles. The molecule has 142 valence electrons. The van der Waals surface area contributed by atoms with Crippen LogP contribution >= 0.6 is 24.0 Å². The molecule has 2 aromatic rings. The van der Waals surface area contributed by atoms with Gasteiger partial charge in [0.1, 0.15) is 5.75 Å². The molecule has 2 amide bonds. The number of phenols is 1. The first-order chi connectivity index (χ1) is 13.3. The second-order valence-corrected chi connectivity index (χ2v) is 7.39. The molecule has 1 aliphatic heterocycles. The Morgan fingerprint density at radius 1 is 1.29 bits per heavy atom. The van der Waals surface area contributed by atoms with Crippen LogP contribution in [0.4, 0.5) is 5.69 Å². The second kappa shape index (κ2) is 8.19. The minimum absolute atomic E-state index is 0.0720. The van der Waals surface area contributed by atoms with E-state index in [1.54, 1.807) is 24.3 Å². The Bertz CT molecular complexity index is 1010. The van der Waals surface area contributed by atoms with Crippen LogP contribution in [0, 0.1) is 10.1 Å². The number of carbonyl (C=O) groups is 2. The number of carbonyl (C=O) groups excluding carboxylic acids is 2. The van der Waals surface area contributed by atoms with E-state index in [2.05, 4.69) is 5.43 Å². The highest BCUT2D eigenvalue weighted by Gasteiger charge is 2.33. The van der Waals surface area contributed by atoms with Gasteiger partial charge in [0.05, 0.1) is 16.2 Å². The summed E-state index contributed by atoms with van der Waals surface area (Å²) >= 11 is 6.06. The Morgan fingerprint density at radius 2 is 2.00 bits per heavy atom. The lowest BCUT2D eigenvalue weighted by Gasteiger charge is -2.15. The van der Waals surface area contributed by atoms with Crippen molar-refractivity contribution in [3.05, 3.63) is 74.7 Å². The van der Waals surface area contributed by atoms with Gasteiger partial charge in [-0.05, 0) is 29.9 Å².